The van der Waals surface area contributed by atoms with Crippen LogP contribution in [0, 0.1) is 10.1 Å². The largest absolute Gasteiger partial charge is 0.511 e. The van der Waals surface area contributed by atoms with E-state index >= 15 is 0 Å². The molecule has 0 aromatic heterocycles. The van der Waals surface area contributed by atoms with Crippen molar-refractivity contribution in [3.8, 4) is 16.9 Å². The smallest absolute Gasteiger partial charge is 0.449 e. The third-order valence-electron chi connectivity index (χ3n) is 2.45. The summed E-state index contributed by atoms with van der Waals surface area (Å²) in [5.41, 5.74) is 1.42. The zero-order valence-corrected chi connectivity index (χ0v) is 9.65. The second-order valence-corrected chi connectivity index (χ2v) is 3.70. The Balaban J connectivity index is 2.29. The summed E-state index contributed by atoms with van der Waals surface area (Å²) >= 11 is 0. The van der Waals surface area contributed by atoms with E-state index in [1.54, 1.807) is 24.3 Å². The fourth-order valence-electron chi connectivity index (χ4n) is 1.62. The van der Waals surface area contributed by atoms with Crippen LogP contribution < -0.4 is 4.74 Å². The Bertz CT molecular complexity index is 621. The standard InChI is InChI=1S/C13H9NO5/c15-13(16)19-12-6-4-9(5-7-12)10-2-1-3-11(8-10)14(17)18/h1-8H,(H,15,16). The Hall–Kier alpha value is -2.89. The molecule has 2 rings (SSSR count). The number of nitro groups is 1. The highest BCUT2D eigenvalue weighted by atomic mass is 16.7. The number of carboxylic acid groups (broad SMARTS) is 1. The molecule has 0 aliphatic heterocycles. The van der Waals surface area contributed by atoms with Gasteiger partial charge in [-0.3, -0.25) is 10.1 Å². The molecule has 2 aromatic carbocycles. The van der Waals surface area contributed by atoms with Crippen molar-refractivity contribution >= 4 is 11.8 Å². The highest BCUT2D eigenvalue weighted by molar-refractivity contribution is 5.68. The molecule has 0 unspecified atom stereocenters. The van der Waals surface area contributed by atoms with E-state index in [2.05, 4.69) is 4.74 Å². The number of nitrogens with zero attached hydrogens (tertiary/aromatic N) is 1. The molecule has 0 fully saturated rings. The number of hydrogen-bond acceptors (Lipinski definition) is 4. The maximum absolute atomic E-state index is 10.7. The molecular formula is C13H9NO5. The van der Waals surface area contributed by atoms with Crippen LogP contribution in [0.15, 0.2) is 48.5 Å². The Morgan fingerprint density at radius 1 is 1.11 bits per heavy atom. The van der Waals surface area contributed by atoms with Crippen molar-refractivity contribution in [2.75, 3.05) is 0 Å². The molecular weight excluding hydrogens is 250 g/mol. The maximum atomic E-state index is 10.7. The van der Waals surface area contributed by atoms with Crippen LogP contribution in [0.1, 0.15) is 0 Å². The van der Waals surface area contributed by atoms with Gasteiger partial charge in [-0.25, -0.2) is 4.79 Å². The Kier molecular flexibility index (Phi) is 3.42. The first-order valence-electron chi connectivity index (χ1n) is 5.32. The highest BCUT2D eigenvalue weighted by Crippen LogP contribution is 2.25. The first kappa shape index (κ1) is 12.6. The summed E-state index contributed by atoms with van der Waals surface area (Å²) in [6, 6.07) is 12.4. The van der Waals surface area contributed by atoms with Gasteiger partial charge in [0, 0.05) is 12.1 Å². The number of carbonyl (C=O) groups is 1. The van der Waals surface area contributed by atoms with Crippen molar-refractivity contribution < 1.29 is 19.6 Å². The van der Waals surface area contributed by atoms with E-state index in [1.165, 1.54) is 24.3 Å². The second-order valence-electron chi connectivity index (χ2n) is 3.70. The molecule has 96 valence electrons. The van der Waals surface area contributed by atoms with E-state index < -0.39 is 11.1 Å². The fraction of sp³-hybridized carbons (Fsp3) is 0. The summed E-state index contributed by atoms with van der Waals surface area (Å²) in [6.07, 6.45) is -1.39. The molecule has 0 spiro atoms. The number of nitro benzene ring substituents is 1. The molecule has 1 N–H and O–H groups in total. The zero-order chi connectivity index (χ0) is 13.8. The molecule has 0 saturated carbocycles. The summed E-state index contributed by atoms with van der Waals surface area (Å²) in [4.78, 5) is 20.6. The van der Waals surface area contributed by atoms with Gasteiger partial charge in [-0.2, -0.15) is 0 Å². The van der Waals surface area contributed by atoms with Crippen molar-refractivity contribution in [1.29, 1.82) is 0 Å². The first-order valence-corrected chi connectivity index (χ1v) is 5.32. The van der Waals surface area contributed by atoms with Gasteiger partial charge in [-0.05, 0) is 23.3 Å². The fourth-order valence-corrected chi connectivity index (χ4v) is 1.62. The van der Waals surface area contributed by atoms with Crippen LogP contribution in [0.3, 0.4) is 0 Å². The summed E-state index contributed by atoms with van der Waals surface area (Å²) in [5.74, 6) is 0.196. The number of hydrogen-bond donors (Lipinski definition) is 1. The van der Waals surface area contributed by atoms with E-state index in [0.717, 1.165) is 5.56 Å². The van der Waals surface area contributed by atoms with Crippen LogP contribution in [0.25, 0.3) is 11.1 Å². The first-order chi connectivity index (χ1) is 9.06. The third kappa shape index (κ3) is 3.06. The molecule has 0 aliphatic rings. The van der Waals surface area contributed by atoms with Gasteiger partial charge in [-0.15, -0.1) is 0 Å². The van der Waals surface area contributed by atoms with Crippen LogP contribution in [0.5, 0.6) is 5.75 Å². The predicted octanol–water partition coefficient (Wildman–Crippen LogP) is 3.32. The van der Waals surface area contributed by atoms with Gasteiger partial charge in [0.05, 0.1) is 4.92 Å². The topological polar surface area (TPSA) is 89.7 Å². The summed E-state index contributed by atoms with van der Waals surface area (Å²) in [6.45, 7) is 0. The predicted molar refractivity (Wildman–Crippen MR) is 67.2 cm³/mol. The molecule has 0 amide bonds. The lowest BCUT2D eigenvalue weighted by Gasteiger charge is -2.03. The molecule has 0 saturated heterocycles. The average molecular weight is 259 g/mol. The van der Waals surface area contributed by atoms with Gasteiger partial charge in [0.25, 0.3) is 5.69 Å². The Morgan fingerprint density at radius 3 is 2.37 bits per heavy atom. The molecule has 2 aromatic rings. The van der Waals surface area contributed by atoms with Crippen molar-refractivity contribution in [1.82, 2.24) is 0 Å². The molecule has 6 nitrogen and oxygen atoms in total. The molecule has 0 heterocycles. The van der Waals surface area contributed by atoms with Crippen molar-refractivity contribution in [2.45, 2.75) is 0 Å². The normalized spacial score (nSPS) is 9.89. The minimum Gasteiger partial charge on any atom is -0.449 e. The average Bonchev–Trinajstić information content (AvgIpc) is 2.39. The van der Waals surface area contributed by atoms with E-state index in [9.17, 15) is 14.9 Å². The molecule has 0 aliphatic carbocycles. The van der Waals surface area contributed by atoms with Crippen LogP contribution in [0.4, 0.5) is 10.5 Å². The summed E-state index contributed by atoms with van der Waals surface area (Å²) < 4.78 is 4.48. The minimum atomic E-state index is -1.39. The summed E-state index contributed by atoms with van der Waals surface area (Å²) in [7, 11) is 0. The van der Waals surface area contributed by atoms with Crippen LogP contribution in [0.2, 0.25) is 0 Å². The monoisotopic (exact) mass is 259 g/mol. The van der Waals surface area contributed by atoms with E-state index in [0.29, 0.717) is 5.56 Å². The molecule has 0 radical (unpaired) electrons. The second kappa shape index (κ2) is 5.18. The van der Waals surface area contributed by atoms with Crippen LogP contribution >= 0.6 is 0 Å². The number of benzene rings is 2. The van der Waals surface area contributed by atoms with Gasteiger partial charge in [0.2, 0.25) is 0 Å². The Morgan fingerprint density at radius 2 is 1.79 bits per heavy atom. The third-order valence-corrected chi connectivity index (χ3v) is 2.45. The van der Waals surface area contributed by atoms with Crippen molar-refractivity contribution in [3.63, 3.8) is 0 Å². The number of non-ortho nitro benzene ring substituents is 1. The molecule has 19 heavy (non-hydrogen) atoms. The Labute approximate surface area is 108 Å². The quantitative estimate of drug-likeness (QED) is 0.395. The van der Waals surface area contributed by atoms with Gasteiger partial charge in [0.15, 0.2) is 0 Å². The van der Waals surface area contributed by atoms with Crippen LogP contribution in [-0.4, -0.2) is 16.2 Å². The molecule has 0 atom stereocenters. The van der Waals surface area contributed by atoms with E-state index in [-0.39, 0.29) is 11.4 Å². The van der Waals surface area contributed by atoms with E-state index in [4.69, 9.17) is 5.11 Å². The van der Waals surface area contributed by atoms with Crippen LogP contribution in [-0.2, 0) is 0 Å². The molecule has 0 bridgehead atoms. The minimum absolute atomic E-state index is 0.00311. The lowest BCUT2D eigenvalue weighted by molar-refractivity contribution is -0.384. The van der Waals surface area contributed by atoms with Crippen molar-refractivity contribution in [3.05, 3.63) is 58.6 Å². The molecule has 6 heteroatoms. The SMILES string of the molecule is O=C(O)Oc1ccc(-c2cccc([N+](=O)[O-])c2)cc1. The number of ether oxygens (including phenoxy) is 1. The van der Waals surface area contributed by atoms with E-state index in [1.807, 2.05) is 0 Å². The lowest BCUT2D eigenvalue weighted by Crippen LogP contribution is -2.02. The number of rotatable bonds is 3. The summed E-state index contributed by atoms with van der Waals surface area (Å²) in [5, 5.41) is 19.1. The van der Waals surface area contributed by atoms with Gasteiger partial charge in [-0.1, -0.05) is 24.3 Å². The lowest BCUT2D eigenvalue weighted by atomic mass is 10.1. The van der Waals surface area contributed by atoms with Gasteiger partial charge >= 0.3 is 6.16 Å². The zero-order valence-electron chi connectivity index (χ0n) is 9.65. The van der Waals surface area contributed by atoms with Crippen molar-refractivity contribution in [2.24, 2.45) is 0 Å². The maximum Gasteiger partial charge on any atom is 0.511 e. The van der Waals surface area contributed by atoms with Gasteiger partial charge < -0.3 is 9.84 Å². The highest BCUT2D eigenvalue weighted by Gasteiger charge is 2.07. The van der Waals surface area contributed by atoms with Gasteiger partial charge in [0.1, 0.15) is 5.75 Å².